The van der Waals surface area contributed by atoms with Crippen LogP contribution in [0.3, 0.4) is 0 Å². The van der Waals surface area contributed by atoms with Gasteiger partial charge in [0.25, 0.3) is 5.91 Å². The van der Waals surface area contributed by atoms with E-state index in [2.05, 4.69) is 4.98 Å². The Hall–Kier alpha value is -1.38. The van der Waals surface area contributed by atoms with E-state index >= 15 is 0 Å². The zero-order chi connectivity index (χ0) is 9.42. The molecule has 0 saturated carbocycles. The van der Waals surface area contributed by atoms with Gasteiger partial charge in [-0.3, -0.25) is 9.78 Å². The van der Waals surface area contributed by atoms with Gasteiger partial charge in [-0.1, -0.05) is 0 Å². The van der Waals surface area contributed by atoms with Gasteiger partial charge in [0, 0.05) is 25.5 Å². The number of aromatic nitrogens is 1. The Balaban J connectivity index is 2.49. The molecule has 1 aliphatic rings. The standard InChI is InChI=1S/C10H12N2O/c1-3-12-6-9-7(2)4-11-5-8(9)10(12)13/h4-5H,3,6H2,1-2H3. The Bertz CT molecular complexity index is 360. The van der Waals surface area contributed by atoms with Crippen molar-refractivity contribution in [3.63, 3.8) is 0 Å². The first-order valence-corrected chi connectivity index (χ1v) is 4.46. The summed E-state index contributed by atoms with van der Waals surface area (Å²) in [4.78, 5) is 17.5. The van der Waals surface area contributed by atoms with Crippen molar-refractivity contribution in [3.8, 4) is 0 Å². The molecular formula is C10H12N2O. The topological polar surface area (TPSA) is 33.2 Å². The van der Waals surface area contributed by atoms with Gasteiger partial charge in [-0.25, -0.2) is 0 Å². The zero-order valence-corrected chi connectivity index (χ0v) is 7.87. The van der Waals surface area contributed by atoms with Crippen LogP contribution in [0.4, 0.5) is 0 Å². The molecule has 0 spiro atoms. The molecule has 0 bridgehead atoms. The van der Waals surface area contributed by atoms with Crippen LogP contribution in [-0.2, 0) is 6.54 Å². The average Bonchev–Trinajstić information content (AvgIpc) is 2.45. The van der Waals surface area contributed by atoms with Crippen molar-refractivity contribution in [2.24, 2.45) is 0 Å². The normalized spacial score (nSPS) is 14.9. The predicted molar refractivity (Wildman–Crippen MR) is 49.4 cm³/mol. The first-order valence-electron chi connectivity index (χ1n) is 4.46. The molecule has 3 heteroatoms. The maximum Gasteiger partial charge on any atom is 0.256 e. The lowest BCUT2D eigenvalue weighted by Gasteiger charge is -2.10. The number of hydrogen-bond donors (Lipinski definition) is 0. The summed E-state index contributed by atoms with van der Waals surface area (Å²) in [5, 5.41) is 0. The Morgan fingerprint density at radius 3 is 2.92 bits per heavy atom. The van der Waals surface area contributed by atoms with Crippen LogP contribution in [0.15, 0.2) is 12.4 Å². The van der Waals surface area contributed by atoms with Crippen molar-refractivity contribution in [2.75, 3.05) is 6.54 Å². The number of rotatable bonds is 1. The van der Waals surface area contributed by atoms with E-state index in [1.54, 1.807) is 6.20 Å². The van der Waals surface area contributed by atoms with Crippen molar-refractivity contribution in [1.82, 2.24) is 9.88 Å². The van der Waals surface area contributed by atoms with Crippen LogP contribution in [-0.4, -0.2) is 22.3 Å². The Kier molecular flexibility index (Phi) is 1.79. The molecule has 1 aliphatic heterocycles. The van der Waals surface area contributed by atoms with Crippen LogP contribution in [0.5, 0.6) is 0 Å². The largest absolute Gasteiger partial charge is 0.335 e. The van der Waals surface area contributed by atoms with Gasteiger partial charge in [-0.05, 0) is 25.0 Å². The van der Waals surface area contributed by atoms with Crippen LogP contribution >= 0.6 is 0 Å². The summed E-state index contributed by atoms with van der Waals surface area (Å²) < 4.78 is 0. The summed E-state index contributed by atoms with van der Waals surface area (Å²) in [5.74, 6) is 0.119. The number of fused-ring (bicyclic) bond motifs is 1. The highest BCUT2D eigenvalue weighted by molar-refractivity contribution is 5.98. The number of pyridine rings is 1. The van der Waals surface area contributed by atoms with Crippen LogP contribution < -0.4 is 0 Å². The first-order chi connectivity index (χ1) is 6.24. The third-order valence-corrected chi connectivity index (χ3v) is 2.52. The summed E-state index contributed by atoms with van der Waals surface area (Å²) in [6, 6.07) is 0. The van der Waals surface area contributed by atoms with Crippen LogP contribution in [0.1, 0.15) is 28.4 Å². The highest BCUT2D eigenvalue weighted by Gasteiger charge is 2.27. The van der Waals surface area contributed by atoms with Crippen LogP contribution in [0, 0.1) is 6.92 Å². The summed E-state index contributed by atoms with van der Waals surface area (Å²) in [7, 11) is 0. The lowest BCUT2D eigenvalue weighted by Crippen LogP contribution is -2.22. The van der Waals surface area contributed by atoms with E-state index < -0.39 is 0 Å². The summed E-state index contributed by atoms with van der Waals surface area (Å²) in [5.41, 5.74) is 3.03. The van der Waals surface area contributed by atoms with Gasteiger partial charge in [0.1, 0.15) is 0 Å². The van der Waals surface area contributed by atoms with Crippen molar-refractivity contribution >= 4 is 5.91 Å². The van der Waals surface area contributed by atoms with E-state index in [9.17, 15) is 4.79 Å². The van der Waals surface area contributed by atoms with Gasteiger partial charge in [0.15, 0.2) is 0 Å². The zero-order valence-electron chi connectivity index (χ0n) is 7.87. The van der Waals surface area contributed by atoms with Crippen molar-refractivity contribution in [3.05, 3.63) is 29.1 Å². The Morgan fingerprint density at radius 2 is 2.31 bits per heavy atom. The van der Waals surface area contributed by atoms with E-state index in [0.717, 1.165) is 29.8 Å². The molecule has 0 saturated heterocycles. The lowest BCUT2D eigenvalue weighted by atomic mass is 10.1. The molecule has 3 nitrogen and oxygen atoms in total. The summed E-state index contributed by atoms with van der Waals surface area (Å²) in [6.45, 7) is 5.51. The molecule has 1 aromatic heterocycles. The number of carbonyl (C=O) groups excluding carboxylic acids is 1. The molecule has 1 aromatic rings. The number of hydrogen-bond acceptors (Lipinski definition) is 2. The molecule has 0 fully saturated rings. The van der Waals surface area contributed by atoms with Gasteiger partial charge in [0.2, 0.25) is 0 Å². The molecule has 13 heavy (non-hydrogen) atoms. The van der Waals surface area contributed by atoms with E-state index in [1.807, 2.05) is 24.9 Å². The monoisotopic (exact) mass is 176 g/mol. The fourth-order valence-electron chi connectivity index (χ4n) is 1.67. The van der Waals surface area contributed by atoms with Gasteiger partial charge < -0.3 is 4.90 Å². The van der Waals surface area contributed by atoms with Gasteiger partial charge in [-0.2, -0.15) is 0 Å². The smallest absolute Gasteiger partial charge is 0.256 e. The van der Waals surface area contributed by atoms with E-state index in [-0.39, 0.29) is 5.91 Å². The SMILES string of the molecule is CCN1Cc2c(C)cncc2C1=O. The lowest BCUT2D eigenvalue weighted by molar-refractivity contribution is 0.0787. The number of amides is 1. The van der Waals surface area contributed by atoms with E-state index in [1.165, 1.54) is 0 Å². The molecule has 2 rings (SSSR count). The minimum absolute atomic E-state index is 0.119. The minimum atomic E-state index is 0.119. The average molecular weight is 176 g/mol. The van der Waals surface area contributed by atoms with E-state index in [0.29, 0.717) is 0 Å². The summed E-state index contributed by atoms with van der Waals surface area (Å²) >= 11 is 0. The fraction of sp³-hybridized carbons (Fsp3) is 0.400. The van der Waals surface area contributed by atoms with Gasteiger partial charge in [0.05, 0.1) is 5.56 Å². The Morgan fingerprint density at radius 1 is 1.54 bits per heavy atom. The number of aryl methyl sites for hydroxylation is 1. The highest BCUT2D eigenvalue weighted by Crippen LogP contribution is 2.23. The van der Waals surface area contributed by atoms with Gasteiger partial charge >= 0.3 is 0 Å². The predicted octanol–water partition coefficient (Wildman–Crippen LogP) is 1.37. The quantitative estimate of drug-likeness (QED) is 0.647. The second kappa shape index (κ2) is 2.83. The molecule has 2 heterocycles. The molecule has 0 N–H and O–H groups in total. The van der Waals surface area contributed by atoms with Crippen molar-refractivity contribution in [1.29, 1.82) is 0 Å². The third kappa shape index (κ3) is 1.11. The highest BCUT2D eigenvalue weighted by atomic mass is 16.2. The third-order valence-electron chi connectivity index (χ3n) is 2.52. The molecule has 0 aromatic carbocycles. The molecule has 0 unspecified atom stereocenters. The first kappa shape index (κ1) is 8.23. The van der Waals surface area contributed by atoms with Crippen LogP contribution in [0.25, 0.3) is 0 Å². The fourth-order valence-corrected chi connectivity index (χ4v) is 1.67. The molecule has 68 valence electrons. The van der Waals surface area contributed by atoms with Gasteiger partial charge in [-0.15, -0.1) is 0 Å². The maximum absolute atomic E-state index is 11.7. The maximum atomic E-state index is 11.7. The van der Waals surface area contributed by atoms with Crippen LogP contribution in [0.2, 0.25) is 0 Å². The molecular weight excluding hydrogens is 164 g/mol. The molecule has 0 aliphatic carbocycles. The molecule has 0 radical (unpaired) electrons. The minimum Gasteiger partial charge on any atom is -0.335 e. The second-order valence-electron chi connectivity index (χ2n) is 3.30. The molecule has 0 atom stereocenters. The number of carbonyl (C=O) groups is 1. The Labute approximate surface area is 77.4 Å². The van der Waals surface area contributed by atoms with Crippen molar-refractivity contribution < 1.29 is 4.79 Å². The molecule has 1 amide bonds. The number of nitrogens with zero attached hydrogens (tertiary/aromatic N) is 2. The van der Waals surface area contributed by atoms with E-state index in [4.69, 9.17) is 0 Å². The van der Waals surface area contributed by atoms with Crippen molar-refractivity contribution in [2.45, 2.75) is 20.4 Å². The second-order valence-corrected chi connectivity index (χ2v) is 3.30. The summed E-state index contributed by atoms with van der Waals surface area (Å²) in [6.07, 6.45) is 3.48.